The van der Waals surface area contributed by atoms with Gasteiger partial charge in [0.2, 0.25) is 0 Å². The molecule has 3 heterocycles. The van der Waals surface area contributed by atoms with E-state index in [1.807, 2.05) is 6.07 Å². The number of aryl methyl sites for hydroxylation is 1. The molecule has 146 valence electrons. The lowest BCUT2D eigenvalue weighted by Crippen LogP contribution is -2.26. The minimum Gasteiger partial charge on any atom is -0.354 e. The van der Waals surface area contributed by atoms with Crippen molar-refractivity contribution < 1.29 is 4.79 Å². The Morgan fingerprint density at radius 3 is 2.64 bits per heavy atom. The number of aromatic nitrogens is 2. The summed E-state index contributed by atoms with van der Waals surface area (Å²) >= 11 is 0. The molecule has 0 aliphatic carbocycles. The SMILES string of the molecule is CCc1cc(-c2[nH]c3ccc(C4CCNCC4)cc3c2C(C)C)cc(C=O)n1. The van der Waals surface area contributed by atoms with Crippen LogP contribution in [0, 0.1) is 0 Å². The number of H-pyrrole nitrogens is 1. The third kappa shape index (κ3) is 3.49. The molecule has 4 heteroatoms. The van der Waals surface area contributed by atoms with Gasteiger partial charge >= 0.3 is 0 Å². The Hall–Kier alpha value is -2.46. The van der Waals surface area contributed by atoms with Gasteiger partial charge in [-0.1, -0.05) is 26.8 Å². The number of hydrogen-bond donors (Lipinski definition) is 2. The highest BCUT2D eigenvalue weighted by atomic mass is 16.1. The first-order chi connectivity index (χ1) is 13.6. The summed E-state index contributed by atoms with van der Waals surface area (Å²) in [5, 5.41) is 4.77. The van der Waals surface area contributed by atoms with Crippen molar-refractivity contribution in [1.29, 1.82) is 0 Å². The van der Waals surface area contributed by atoms with Crippen molar-refractivity contribution in [2.45, 2.75) is 51.9 Å². The van der Waals surface area contributed by atoms with Crippen molar-refractivity contribution in [3.8, 4) is 11.3 Å². The van der Waals surface area contributed by atoms with Crippen LogP contribution in [-0.4, -0.2) is 29.3 Å². The second-order valence-corrected chi connectivity index (χ2v) is 8.14. The number of carbonyl (C=O) groups excluding carboxylic acids is 1. The molecule has 1 aromatic carbocycles. The smallest absolute Gasteiger partial charge is 0.168 e. The number of benzene rings is 1. The molecule has 0 radical (unpaired) electrons. The first kappa shape index (κ1) is 18.9. The molecule has 0 amide bonds. The van der Waals surface area contributed by atoms with Gasteiger partial charge in [0.05, 0.1) is 5.69 Å². The van der Waals surface area contributed by atoms with E-state index in [0.717, 1.165) is 42.7 Å². The largest absolute Gasteiger partial charge is 0.354 e. The van der Waals surface area contributed by atoms with E-state index in [1.165, 1.54) is 34.9 Å². The third-order valence-corrected chi connectivity index (χ3v) is 5.92. The van der Waals surface area contributed by atoms with Crippen molar-refractivity contribution in [2.75, 3.05) is 13.1 Å². The highest BCUT2D eigenvalue weighted by Crippen LogP contribution is 2.38. The van der Waals surface area contributed by atoms with Crippen molar-refractivity contribution in [1.82, 2.24) is 15.3 Å². The molecule has 0 bridgehead atoms. The average Bonchev–Trinajstić information content (AvgIpc) is 3.13. The van der Waals surface area contributed by atoms with E-state index in [4.69, 9.17) is 0 Å². The molecule has 1 saturated heterocycles. The Bertz CT molecular complexity index is 996. The fourth-order valence-corrected chi connectivity index (χ4v) is 4.46. The molecule has 2 N–H and O–H groups in total. The molecule has 4 rings (SSSR count). The van der Waals surface area contributed by atoms with E-state index < -0.39 is 0 Å². The Morgan fingerprint density at radius 2 is 1.96 bits per heavy atom. The summed E-state index contributed by atoms with van der Waals surface area (Å²) in [7, 11) is 0. The normalized spacial score (nSPS) is 15.4. The van der Waals surface area contributed by atoms with Crippen molar-refractivity contribution in [3.05, 3.63) is 52.8 Å². The average molecular weight is 376 g/mol. The van der Waals surface area contributed by atoms with Gasteiger partial charge in [0, 0.05) is 22.2 Å². The van der Waals surface area contributed by atoms with E-state index in [0.29, 0.717) is 17.5 Å². The second kappa shape index (κ2) is 7.88. The number of aromatic amines is 1. The van der Waals surface area contributed by atoms with Crippen LogP contribution < -0.4 is 5.32 Å². The van der Waals surface area contributed by atoms with Gasteiger partial charge in [-0.2, -0.15) is 0 Å². The standard InChI is InChI=1S/C24H29N3O/c1-4-19-11-18(12-20(14-28)26-19)24-23(15(2)3)21-13-17(5-6-22(21)27-24)16-7-9-25-10-8-16/h5-6,11-16,25,27H,4,7-10H2,1-3H3. The van der Waals surface area contributed by atoms with Crippen LogP contribution in [0.4, 0.5) is 0 Å². The summed E-state index contributed by atoms with van der Waals surface area (Å²) in [6.45, 7) is 8.76. The summed E-state index contributed by atoms with van der Waals surface area (Å²) in [5.41, 5.74) is 7.56. The summed E-state index contributed by atoms with van der Waals surface area (Å²) in [5.74, 6) is 1.02. The maximum absolute atomic E-state index is 11.4. The zero-order chi connectivity index (χ0) is 19.7. The van der Waals surface area contributed by atoms with E-state index in [1.54, 1.807) is 0 Å². The number of fused-ring (bicyclic) bond motifs is 1. The predicted molar refractivity (Wildman–Crippen MR) is 115 cm³/mol. The van der Waals surface area contributed by atoms with Gasteiger partial charge in [-0.3, -0.25) is 9.78 Å². The van der Waals surface area contributed by atoms with Gasteiger partial charge in [0.25, 0.3) is 0 Å². The lowest BCUT2D eigenvalue weighted by atomic mass is 9.88. The first-order valence-corrected chi connectivity index (χ1v) is 10.4. The number of nitrogens with one attached hydrogen (secondary N) is 2. The quantitative estimate of drug-likeness (QED) is 0.603. The van der Waals surface area contributed by atoms with Gasteiger partial charge < -0.3 is 10.3 Å². The molecule has 0 spiro atoms. The number of piperidine rings is 1. The Kier molecular flexibility index (Phi) is 5.31. The molecular formula is C24H29N3O. The van der Waals surface area contributed by atoms with E-state index >= 15 is 0 Å². The Morgan fingerprint density at radius 1 is 1.18 bits per heavy atom. The highest BCUT2D eigenvalue weighted by Gasteiger charge is 2.20. The fraction of sp³-hybridized carbons (Fsp3) is 0.417. The number of aldehydes is 1. The maximum Gasteiger partial charge on any atom is 0.168 e. The minimum atomic E-state index is 0.380. The van der Waals surface area contributed by atoms with Crippen LogP contribution in [0.25, 0.3) is 22.2 Å². The number of carbonyl (C=O) groups is 1. The summed E-state index contributed by atoms with van der Waals surface area (Å²) in [6.07, 6.45) is 4.06. The van der Waals surface area contributed by atoms with Crippen molar-refractivity contribution >= 4 is 17.2 Å². The molecule has 28 heavy (non-hydrogen) atoms. The molecule has 1 aliphatic rings. The molecule has 0 saturated carbocycles. The zero-order valence-electron chi connectivity index (χ0n) is 17.0. The van der Waals surface area contributed by atoms with Crippen LogP contribution in [-0.2, 0) is 6.42 Å². The number of rotatable bonds is 5. The molecule has 0 atom stereocenters. The topological polar surface area (TPSA) is 57.8 Å². The summed E-state index contributed by atoms with van der Waals surface area (Å²) in [6, 6.07) is 10.9. The van der Waals surface area contributed by atoms with Gasteiger partial charge in [0.15, 0.2) is 6.29 Å². The Labute approximate surface area is 166 Å². The zero-order valence-corrected chi connectivity index (χ0v) is 17.0. The monoisotopic (exact) mass is 375 g/mol. The van der Waals surface area contributed by atoms with Gasteiger partial charge in [-0.15, -0.1) is 0 Å². The number of hydrogen-bond acceptors (Lipinski definition) is 3. The van der Waals surface area contributed by atoms with Crippen molar-refractivity contribution in [2.24, 2.45) is 0 Å². The first-order valence-electron chi connectivity index (χ1n) is 10.4. The van der Waals surface area contributed by atoms with Crippen LogP contribution >= 0.6 is 0 Å². The van der Waals surface area contributed by atoms with Crippen LogP contribution in [0.3, 0.4) is 0 Å². The second-order valence-electron chi connectivity index (χ2n) is 8.14. The molecular weight excluding hydrogens is 346 g/mol. The van der Waals surface area contributed by atoms with Crippen LogP contribution in [0.1, 0.15) is 72.8 Å². The lowest BCUT2D eigenvalue weighted by Gasteiger charge is -2.23. The fourth-order valence-electron chi connectivity index (χ4n) is 4.46. The van der Waals surface area contributed by atoms with Gasteiger partial charge in [-0.05, 0) is 79.6 Å². The molecule has 1 fully saturated rings. The minimum absolute atomic E-state index is 0.380. The molecule has 2 aromatic heterocycles. The highest BCUT2D eigenvalue weighted by molar-refractivity contribution is 5.92. The van der Waals surface area contributed by atoms with E-state index in [9.17, 15) is 4.79 Å². The Balaban J connectivity index is 1.87. The summed E-state index contributed by atoms with van der Waals surface area (Å²) < 4.78 is 0. The van der Waals surface area contributed by atoms with Gasteiger partial charge in [0.1, 0.15) is 5.69 Å². The maximum atomic E-state index is 11.4. The summed E-state index contributed by atoms with van der Waals surface area (Å²) in [4.78, 5) is 19.4. The lowest BCUT2D eigenvalue weighted by molar-refractivity contribution is 0.111. The van der Waals surface area contributed by atoms with Crippen LogP contribution in [0.5, 0.6) is 0 Å². The number of pyridine rings is 1. The van der Waals surface area contributed by atoms with E-state index in [2.05, 4.69) is 60.3 Å². The van der Waals surface area contributed by atoms with Crippen molar-refractivity contribution in [3.63, 3.8) is 0 Å². The van der Waals surface area contributed by atoms with Gasteiger partial charge in [-0.25, -0.2) is 0 Å². The van der Waals surface area contributed by atoms with E-state index in [-0.39, 0.29) is 0 Å². The molecule has 4 nitrogen and oxygen atoms in total. The number of nitrogens with zero attached hydrogens (tertiary/aromatic N) is 1. The van der Waals surface area contributed by atoms with Crippen LogP contribution in [0.15, 0.2) is 30.3 Å². The van der Waals surface area contributed by atoms with Crippen LogP contribution in [0.2, 0.25) is 0 Å². The molecule has 0 unspecified atom stereocenters. The third-order valence-electron chi connectivity index (χ3n) is 5.92. The molecule has 3 aromatic rings. The predicted octanol–water partition coefficient (Wildman–Crippen LogP) is 5.20. The molecule has 1 aliphatic heterocycles.